The quantitative estimate of drug-likeness (QED) is 0.909. The third-order valence-electron chi connectivity index (χ3n) is 5.89. The van der Waals surface area contributed by atoms with Crippen LogP contribution in [0.25, 0.3) is 0 Å². The Hall–Kier alpha value is -0.460. The highest BCUT2D eigenvalue weighted by Gasteiger charge is 2.43. The first-order chi connectivity index (χ1) is 11.6. The molecule has 4 rings (SSSR count). The SMILES string of the molecule is CCc1cc2c(s1)CCOC21CCN(CC2(O)CCCOC2)CC1. The Morgan fingerprint density at radius 2 is 2.08 bits per heavy atom. The average molecular weight is 352 g/mol. The lowest BCUT2D eigenvalue weighted by atomic mass is 9.81. The summed E-state index contributed by atoms with van der Waals surface area (Å²) < 4.78 is 11.8. The van der Waals surface area contributed by atoms with Crippen molar-refractivity contribution in [3.8, 4) is 0 Å². The fourth-order valence-corrected chi connectivity index (χ4v) is 5.69. The van der Waals surface area contributed by atoms with Gasteiger partial charge in [-0.3, -0.25) is 0 Å². The molecule has 3 aliphatic heterocycles. The lowest BCUT2D eigenvalue weighted by Gasteiger charge is -2.46. The average Bonchev–Trinajstić information content (AvgIpc) is 3.03. The molecule has 1 atom stereocenters. The minimum Gasteiger partial charge on any atom is -0.386 e. The van der Waals surface area contributed by atoms with Gasteiger partial charge in [0.1, 0.15) is 5.60 Å². The molecule has 4 heterocycles. The molecule has 2 saturated heterocycles. The van der Waals surface area contributed by atoms with Gasteiger partial charge in [0.15, 0.2) is 0 Å². The fourth-order valence-electron chi connectivity index (χ4n) is 4.51. The lowest BCUT2D eigenvalue weighted by Crippen LogP contribution is -2.53. The van der Waals surface area contributed by atoms with Gasteiger partial charge in [-0.1, -0.05) is 6.92 Å². The predicted octanol–water partition coefficient (Wildman–Crippen LogP) is 2.72. The second kappa shape index (κ2) is 6.69. The van der Waals surface area contributed by atoms with Gasteiger partial charge < -0.3 is 19.5 Å². The number of aliphatic hydroxyl groups is 1. The highest BCUT2D eigenvalue weighted by molar-refractivity contribution is 7.12. The molecule has 134 valence electrons. The van der Waals surface area contributed by atoms with Crippen molar-refractivity contribution < 1.29 is 14.6 Å². The molecule has 3 aliphatic rings. The Morgan fingerprint density at radius 1 is 1.25 bits per heavy atom. The smallest absolute Gasteiger partial charge is 0.101 e. The van der Waals surface area contributed by atoms with E-state index in [4.69, 9.17) is 9.47 Å². The summed E-state index contributed by atoms with van der Waals surface area (Å²) in [6.45, 7) is 7.10. The predicted molar refractivity (Wildman–Crippen MR) is 95.7 cm³/mol. The van der Waals surface area contributed by atoms with Crippen molar-refractivity contribution in [2.45, 2.75) is 56.7 Å². The van der Waals surface area contributed by atoms with E-state index in [1.165, 1.54) is 10.4 Å². The van der Waals surface area contributed by atoms with Crippen molar-refractivity contribution in [1.82, 2.24) is 4.90 Å². The van der Waals surface area contributed by atoms with Crippen molar-refractivity contribution in [2.24, 2.45) is 0 Å². The Labute approximate surface area is 148 Å². The normalized spacial score (nSPS) is 30.4. The van der Waals surface area contributed by atoms with Crippen LogP contribution in [0.1, 0.15) is 47.9 Å². The van der Waals surface area contributed by atoms with E-state index in [0.29, 0.717) is 6.61 Å². The van der Waals surface area contributed by atoms with Crippen LogP contribution in [0.3, 0.4) is 0 Å². The topological polar surface area (TPSA) is 41.9 Å². The molecule has 0 radical (unpaired) electrons. The van der Waals surface area contributed by atoms with Crippen LogP contribution in [0.2, 0.25) is 0 Å². The maximum absolute atomic E-state index is 10.7. The van der Waals surface area contributed by atoms with Crippen molar-refractivity contribution in [3.05, 3.63) is 21.4 Å². The summed E-state index contributed by atoms with van der Waals surface area (Å²) in [5, 5.41) is 10.7. The van der Waals surface area contributed by atoms with Gasteiger partial charge in [-0.2, -0.15) is 0 Å². The summed E-state index contributed by atoms with van der Waals surface area (Å²) in [7, 11) is 0. The van der Waals surface area contributed by atoms with Gasteiger partial charge in [-0.25, -0.2) is 0 Å². The van der Waals surface area contributed by atoms with Crippen LogP contribution in [0.4, 0.5) is 0 Å². The number of likely N-dealkylation sites (tertiary alicyclic amines) is 1. The van der Waals surface area contributed by atoms with Crippen molar-refractivity contribution in [3.63, 3.8) is 0 Å². The van der Waals surface area contributed by atoms with E-state index in [2.05, 4.69) is 17.9 Å². The Morgan fingerprint density at radius 3 is 2.79 bits per heavy atom. The molecule has 1 unspecified atom stereocenters. The Kier molecular flexibility index (Phi) is 4.73. The lowest BCUT2D eigenvalue weighted by molar-refractivity contribution is -0.126. The van der Waals surface area contributed by atoms with Crippen LogP contribution in [-0.2, 0) is 27.9 Å². The number of hydrogen-bond donors (Lipinski definition) is 1. The molecular formula is C19H29NO3S. The summed E-state index contributed by atoms with van der Waals surface area (Å²) >= 11 is 1.98. The molecule has 0 bridgehead atoms. The van der Waals surface area contributed by atoms with Gasteiger partial charge in [0.25, 0.3) is 0 Å². The van der Waals surface area contributed by atoms with Gasteiger partial charge in [-0.05, 0) is 43.7 Å². The van der Waals surface area contributed by atoms with E-state index < -0.39 is 5.60 Å². The summed E-state index contributed by atoms with van der Waals surface area (Å²) in [6.07, 6.45) is 6.10. The van der Waals surface area contributed by atoms with E-state index in [0.717, 1.165) is 71.4 Å². The molecule has 4 nitrogen and oxygen atoms in total. The van der Waals surface area contributed by atoms with E-state index in [9.17, 15) is 5.11 Å². The molecule has 0 aromatic carbocycles. The second-order valence-electron chi connectivity index (χ2n) is 7.65. The van der Waals surface area contributed by atoms with Crippen LogP contribution < -0.4 is 0 Å². The number of nitrogens with zero attached hydrogens (tertiary/aromatic N) is 1. The highest BCUT2D eigenvalue weighted by atomic mass is 32.1. The summed E-state index contributed by atoms with van der Waals surface area (Å²) in [4.78, 5) is 5.44. The van der Waals surface area contributed by atoms with Crippen LogP contribution in [0.5, 0.6) is 0 Å². The maximum atomic E-state index is 10.7. The molecule has 2 fully saturated rings. The number of hydrogen-bond acceptors (Lipinski definition) is 5. The molecular weight excluding hydrogens is 322 g/mol. The first-order valence-corrected chi connectivity index (χ1v) is 10.2. The second-order valence-corrected chi connectivity index (χ2v) is 8.87. The zero-order valence-electron chi connectivity index (χ0n) is 14.7. The third kappa shape index (κ3) is 3.17. The molecule has 0 saturated carbocycles. The van der Waals surface area contributed by atoms with Gasteiger partial charge in [0, 0.05) is 42.4 Å². The Balaban J connectivity index is 1.44. The third-order valence-corrected chi connectivity index (χ3v) is 7.23. The summed E-state index contributed by atoms with van der Waals surface area (Å²) in [6, 6.07) is 2.40. The molecule has 1 aromatic heterocycles. The van der Waals surface area contributed by atoms with Crippen LogP contribution >= 0.6 is 11.3 Å². The first kappa shape index (κ1) is 17.0. The minimum atomic E-state index is -0.654. The molecule has 0 aliphatic carbocycles. The largest absolute Gasteiger partial charge is 0.386 e. The van der Waals surface area contributed by atoms with E-state index in [1.54, 1.807) is 4.88 Å². The molecule has 5 heteroatoms. The molecule has 1 spiro atoms. The Bertz CT molecular complexity index is 571. The number of piperidine rings is 1. The zero-order chi connectivity index (χ0) is 16.6. The number of thiophene rings is 1. The molecule has 1 aromatic rings. The van der Waals surface area contributed by atoms with Gasteiger partial charge >= 0.3 is 0 Å². The van der Waals surface area contributed by atoms with Crippen LogP contribution in [0.15, 0.2) is 6.07 Å². The minimum absolute atomic E-state index is 0.0698. The van der Waals surface area contributed by atoms with Gasteiger partial charge in [0.05, 0.1) is 18.8 Å². The maximum Gasteiger partial charge on any atom is 0.101 e. The number of rotatable bonds is 3. The number of β-amino-alcohol motifs (C(OH)–C–C–N with tert-alkyl or cyclic N) is 1. The van der Waals surface area contributed by atoms with Crippen LogP contribution in [-0.4, -0.2) is 55.1 Å². The molecule has 0 amide bonds. The monoisotopic (exact) mass is 351 g/mol. The zero-order valence-corrected chi connectivity index (χ0v) is 15.5. The standard InChI is InChI=1S/C19H29NO3S/c1-2-15-12-16-17(24-15)4-11-23-19(16)6-8-20(9-7-19)13-18(21)5-3-10-22-14-18/h12,21H,2-11,13-14H2,1H3. The fraction of sp³-hybridized carbons (Fsp3) is 0.789. The number of aryl methyl sites for hydroxylation is 1. The first-order valence-electron chi connectivity index (χ1n) is 9.41. The highest BCUT2D eigenvalue weighted by Crippen LogP contribution is 2.44. The van der Waals surface area contributed by atoms with Crippen molar-refractivity contribution in [2.75, 3.05) is 39.5 Å². The molecule has 24 heavy (non-hydrogen) atoms. The van der Waals surface area contributed by atoms with E-state index in [1.807, 2.05) is 11.3 Å². The number of fused-ring (bicyclic) bond motifs is 2. The van der Waals surface area contributed by atoms with Gasteiger partial charge in [0.2, 0.25) is 0 Å². The molecule has 1 N–H and O–H groups in total. The van der Waals surface area contributed by atoms with Gasteiger partial charge in [-0.15, -0.1) is 11.3 Å². The summed E-state index contributed by atoms with van der Waals surface area (Å²) in [5.41, 5.74) is 0.744. The van der Waals surface area contributed by atoms with Crippen LogP contribution in [0, 0.1) is 0 Å². The van der Waals surface area contributed by atoms with E-state index >= 15 is 0 Å². The number of ether oxygens (including phenoxy) is 2. The van der Waals surface area contributed by atoms with Crippen molar-refractivity contribution in [1.29, 1.82) is 0 Å². The van der Waals surface area contributed by atoms with Crippen molar-refractivity contribution >= 4 is 11.3 Å². The summed E-state index contributed by atoms with van der Waals surface area (Å²) in [5.74, 6) is 0. The van der Waals surface area contributed by atoms with E-state index in [-0.39, 0.29) is 5.60 Å².